The first-order valence-corrected chi connectivity index (χ1v) is 5.30. The second-order valence-corrected chi connectivity index (χ2v) is 3.90. The van der Waals surface area contributed by atoms with Gasteiger partial charge in [0.2, 0.25) is 5.88 Å². The molecule has 0 saturated carbocycles. The highest BCUT2D eigenvalue weighted by molar-refractivity contribution is 5.48. The van der Waals surface area contributed by atoms with Crippen molar-refractivity contribution in [1.82, 2.24) is 4.98 Å². The van der Waals surface area contributed by atoms with E-state index >= 15 is 0 Å². The summed E-state index contributed by atoms with van der Waals surface area (Å²) in [6, 6.07) is 4.25. The normalized spacial score (nSPS) is 21.5. The summed E-state index contributed by atoms with van der Waals surface area (Å²) >= 11 is 0. The van der Waals surface area contributed by atoms with Gasteiger partial charge in [0.1, 0.15) is 0 Å². The minimum Gasteiger partial charge on any atom is -0.481 e. The van der Waals surface area contributed by atoms with Crippen LogP contribution in [0, 0.1) is 0 Å². The summed E-state index contributed by atoms with van der Waals surface area (Å²) < 4.78 is 5.10. The zero-order chi connectivity index (χ0) is 10.7. The molecule has 4 nitrogen and oxygen atoms in total. The average Bonchev–Trinajstić information content (AvgIpc) is 2.29. The third kappa shape index (κ3) is 2.39. The topological polar surface area (TPSA) is 51.4 Å². The first-order chi connectivity index (χ1) is 7.29. The van der Waals surface area contributed by atoms with Crippen LogP contribution in [-0.2, 0) is 0 Å². The molecular formula is C11H17N3O. The predicted molar refractivity (Wildman–Crippen MR) is 60.2 cm³/mol. The number of ether oxygens (including phenoxy) is 1. The number of piperidine rings is 1. The molecule has 0 radical (unpaired) electrons. The number of hydrogen-bond acceptors (Lipinski definition) is 4. The van der Waals surface area contributed by atoms with E-state index in [2.05, 4.69) is 9.88 Å². The van der Waals surface area contributed by atoms with Crippen molar-refractivity contribution in [3.8, 4) is 5.88 Å². The molecule has 15 heavy (non-hydrogen) atoms. The van der Waals surface area contributed by atoms with Crippen molar-refractivity contribution in [2.75, 3.05) is 25.1 Å². The number of pyridine rings is 1. The van der Waals surface area contributed by atoms with E-state index in [0.29, 0.717) is 5.88 Å². The number of aromatic nitrogens is 1. The molecule has 82 valence electrons. The van der Waals surface area contributed by atoms with Gasteiger partial charge < -0.3 is 15.4 Å². The van der Waals surface area contributed by atoms with Crippen LogP contribution in [-0.4, -0.2) is 31.2 Å². The lowest BCUT2D eigenvalue weighted by Crippen LogP contribution is -2.42. The second kappa shape index (κ2) is 4.49. The van der Waals surface area contributed by atoms with E-state index in [0.717, 1.165) is 31.6 Å². The zero-order valence-corrected chi connectivity index (χ0v) is 9.02. The van der Waals surface area contributed by atoms with E-state index in [1.807, 2.05) is 12.1 Å². The molecule has 0 amide bonds. The van der Waals surface area contributed by atoms with E-state index in [1.165, 1.54) is 0 Å². The highest BCUT2D eigenvalue weighted by Crippen LogP contribution is 2.21. The quantitative estimate of drug-likeness (QED) is 0.786. The molecule has 1 aromatic heterocycles. The molecular weight excluding hydrogens is 190 g/mol. The number of rotatable bonds is 2. The number of methoxy groups -OCH3 is 1. The molecule has 1 atom stereocenters. The highest BCUT2D eigenvalue weighted by atomic mass is 16.5. The van der Waals surface area contributed by atoms with Gasteiger partial charge in [0, 0.05) is 37.1 Å². The lowest BCUT2D eigenvalue weighted by atomic mass is 10.1. The monoisotopic (exact) mass is 207 g/mol. The molecule has 0 spiro atoms. The first-order valence-electron chi connectivity index (χ1n) is 5.30. The summed E-state index contributed by atoms with van der Waals surface area (Å²) in [7, 11) is 1.63. The van der Waals surface area contributed by atoms with Gasteiger partial charge in [-0.1, -0.05) is 0 Å². The smallest absolute Gasteiger partial charge is 0.214 e. The van der Waals surface area contributed by atoms with Gasteiger partial charge in [-0.15, -0.1) is 0 Å². The summed E-state index contributed by atoms with van der Waals surface area (Å²) in [5.74, 6) is 0.659. The van der Waals surface area contributed by atoms with Crippen molar-refractivity contribution in [1.29, 1.82) is 0 Å². The van der Waals surface area contributed by atoms with Crippen LogP contribution in [0.2, 0.25) is 0 Å². The van der Waals surface area contributed by atoms with Gasteiger partial charge in [0.05, 0.1) is 7.11 Å². The van der Waals surface area contributed by atoms with Gasteiger partial charge in [-0.25, -0.2) is 4.98 Å². The summed E-state index contributed by atoms with van der Waals surface area (Å²) in [5, 5.41) is 0. The van der Waals surface area contributed by atoms with Crippen LogP contribution < -0.4 is 15.4 Å². The zero-order valence-electron chi connectivity index (χ0n) is 9.02. The average molecular weight is 207 g/mol. The van der Waals surface area contributed by atoms with E-state index in [4.69, 9.17) is 10.5 Å². The Bertz CT molecular complexity index is 329. The van der Waals surface area contributed by atoms with E-state index in [-0.39, 0.29) is 6.04 Å². The molecule has 1 aromatic rings. The van der Waals surface area contributed by atoms with Gasteiger partial charge >= 0.3 is 0 Å². The lowest BCUT2D eigenvalue weighted by molar-refractivity contribution is 0.397. The second-order valence-electron chi connectivity index (χ2n) is 3.90. The van der Waals surface area contributed by atoms with Gasteiger partial charge in [0.25, 0.3) is 0 Å². The fraction of sp³-hybridized carbons (Fsp3) is 0.545. The molecule has 0 bridgehead atoms. The first kappa shape index (κ1) is 10.2. The molecule has 2 N–H and O–H groups in total. The maximum absolute atomic E-state index is 5.94. The fourth-order valence-electron chi connectivity index (χ4n) is 1.95. The van der Waals surface area contributed by atoms with Crippen LogP contribution >= 0.6 is 0 Å². The van der Waals surface area contributed by atoms with Crippen LogP contribution in [0.15, 0.2) is 18.3 Å². The minimum absolute atomic E-state index is 0.290. The Kier molecular flexibility index (Phi) is 3.06. The molecule has 0 unspecified atom stereocenters. The Balaban J connectivity index is 2.13. The summed E-state index contributed by atoms with van der Waals surface area (Å²) in [4.78, 5) is 6.38. The van der Waals surface area contributed by atoms with Crippen LogP contribution in [0.25, 0.3) is 0 Å². The van der Waals surface area contributed by atoms with Crippen LogP contribution in [0.5, 0.6) is 5.88 Å². The molecule has 1 fully saturated rings. The molecule has 0 aliphatic carbocycles. The van der Waals surface area contributed by atoms with Crippen molar-refractivity contribution in [2.45, 2.75) is 18.9 Å². The Morgan fingerprint density at radius 3 is 3.20 bits per heavy atom. The summed E-state index contributed by atoms with van der Waals surface area (Å²) in [5.41, 5.74) is 7.09. The summed E-state index contributed by atoms with van der Waals surface area (Å²) in [6.45, 7) is 1.99. The van der Waals surface area contributed by atoms with Gasteiger partial charge in [-0.05, 0) is 18.9 Å². The number of hydrogen-bond donors (Lipinski definition) is 1. The predicted octanol–water partition coefficient (Wildman–Crippen LogP) is 1.02. The number of nitrogens with two attached hydrogens (primary N) is 1. The molecule has 2 heterocycles. The SMILES string of the molecule is COc1cc(N2CCC[C@@H](N)C2)ccn1. The van der Waals surface area contributed by atoms with Crippen molar-refractivity contribution >= 4 is 5.69 Å². The Morgan fingerprint density at radius 1 is 1.60 bits per heavy atom. The van der Waals surface area contributed by atoms with Gasteiger partial charge in [-0.2, -0.15) is 0 Å². The van der Waals surface area contributed by atoms with Crippen molar-refractivity contribution in [3.63, 3.8) is 0 Å². The molecule has 1 aliphatic heterocycles. The molecule has 0 aromatic carbocycles. The molecule has 2 rings (SSSR count). The highest BCUT2D eigenvalue weighted by Gasteiger charge is 2.17. The van der Waals surface area contributed by atoms with Crippen LogP contribution in [0.4, 0.5) is 5.69 Å². The van der Waals surface area contributed by atoms with Crippen molar-refractivity contribution < 1.29 is 4.74 Å². The largest absolute Gasteiger partial charge is 0.481 e. The fourth-order valence-corrected chi connectivity index (χ4v) is 1.95. The van der Waals surface area contributed by atoms with Crippen LogP contribution in [0.1, 0.15) is 12.8 Å². The Labute approximate surface area is 90.0 Å². The lowest BCUT2D eigenvalue weighted by Gasteiger charge is -2.32. The number of nitrogens with zero attached hydrogens (tertiary/aromatic N) is 2. The Morgan fingerprint density at radius 2 is 2.47 bits per heavy atom. The molecule has 4 heteroatoms. The third-order valence-electron chi connectivity index (χ3n) is 2.75. The third-order valence-corrected chi connectivity index (χ3v) is 2.75. The van der Waals surface area contributed by atoms with E-state index < -0.39 is 0 Å². The molecule has 1 saturated heterocycles. The van der Waals surface area contributed by atoms with Crippen LogP contribution in [0.3, 0.4) is 0 Å². The maximum Gasteiger partial charge on any atom is 0.214 e. The molecule has 1 aliphatic rings. The van der Waals surface area contributed by atoms with Gasteiger partial charge in [-0.3, -0.25) is 0 Å². The van der Waals surface area contributed by atoms with Gasteiger partial charge in [0.15, 0.2) is 0 Å². The minimum atomic E-state index is 0.290. The standard InChI is InChI=1S/C11H17N3O/c1-15-11-7-10(4-5-13-11)14-6-2-3-9(12)8-14/h4-5,7,9H,2-3,6,8,12H2,1H3/t9-/m1/s1. The maximum atomic E-state index is 5.94. The van der Waals surface area contributed by atoms with Crippen molar-refractivity contribution in [3.05, 3.63) is 18.3 Å². The Hall–Kier alpha value is -1.29. The van der Waals surface area contributed by atoms with Crippen molar-refractivity contribution in [2.24, 2.45) is 5.73 Å². The number of anilines is 1. The van der Waals surface area contributed by atoms with E-state index in [9.17, 15) is 0 Å². The summed E-state index contributed by atoms with van der Waals surface area (Å²) in [6.07, 6.45) is 4.05. The van der Waals surface area contributed by atoms with E-state index in [1.54, 1.807) is 13.3 Å².